The van der Waals surface area contributed by atoms with Crippen LogP contribution >= 0.6 is 0 Å². The molecule has 19 heavy (non-hydrogen) atoms. The summed E-state index contributed by atoms with van der Waals surface area (Å²) >= 11 is 0. The molecule has 0 aromatic rings. The van der Waals surface area contributed by atoms with Gasteiger partial charge < -0.3 is 56.2 Å². The van der Waals surface area contributed by atoms with E-state index >= 15 is 0 Å². The standard InChI is InChI=1S/Al.Fe.Mg.4O3Si/c;;;4*1-4(2)3/q2*+3;+2;4*-2. The van der Waals surface area contributed by atoms with Crippen LogP contribution in [-0.2, 0) is 34.9 Å². The predicted molar refractivity (Wildman–Crippen MR) is 37.3 cm³/mol. The van der Waals surface area contributed by atoms with E-state index in [1.165, 1.54) is 0 Å². The molecule has 1 radical (unpaired) electrons. The van der Waals surface area contributed by atoms with E-state index in [-0.39, 0.29) is 57.5 Å². The minimum Gasteiger partial charge on any atom is -0.672 e. The second-order valence-electron chi connectivity index (χ2n) is 1.00. The molecule has 101 valence electrons. The largest absolute Gasteiger partial charge is 3.00 e. The van der Waals surface area contributed by atoms with Gasteiger partial charge in [0.05, 0.1) is 0 Å². The Kier molecular flexibility index (Phi) is 81.4. The molecule has 0 saturated carbocycles. The van der Waals surface area contributed by atoms with Gasteiger partial charge in [0.15, 0.2) is 0 Å². The number of rotatable bonds is 0. The van der Waals surface area contributed by atoms with Crippen LogP contribution in [0.4, 0.5) is 0 Å². The van der Waals surface area contributed by atoms with Crippen LogP contribution in [-0.4, -0.2) is 77.1 Å². The van der Waals surface area contributed by atoms with E-state index in [4.69, 9.17) is 56.2 Å². The third kappa shape index (κ3) is 59400. The Hall–Kier alpha value is 0.286. The van der Waals surface area contributed by atoms with Gasteiger partial charge in [-0.25, -0.2) is 0 Å². The van der Waals surface area contributed by atoms with Crippen molar-refractivity contribution in [2.24, 2.45) is 0 Å². The Morgan fingerprint density at radius 3 is 0.474 bits per heavy atom. The van der Waals surface area contributed by atoms with Gasteiger partial charge in [0.2, 0.25) is 0 Å². The molecule has 0 rings (SSSR count). The second-order valence-corrected chi connectivity index (χ2v) is 3.00. The molecule has 12 nitrogen and oxygen atoms in total. The van der Waals surface area contributed by atoms with E-state index in [0.29, 0.717) is 0 Å². The van der Waals surface area contributed by atoms with Gasteiger partial charge in [-0.1, -0.05) is 0 Å². The van der Waals surface area contributed by atoms with E-state index < -0.39 is 36.7 Å². The van der Waals surface area contributed by atoms with E-state index in [1.54, 1.807) is 0 Å². The van der Waals surface area contributed by atoms with Crippen molar-refractivity contribution in [3.8, 4) is 0 Å². The van der Waals surface area contributed by atoms with Gasteiger partial charge in [0, 0.05) is 36.7 Å². The summed E-state index contributed by atoms with van der Waals surface area (Å²) in [7, 11) is -14.5. The van der Waals surface area contributed by atoms with Gasteiger partial charge in [0.25, 0.3) is 0 Å². The molecule has 0 aromatic carbocycles. The summed E-state index contributed by atoms with van der Waals surface area (Å²) in [5.74, 6) is 0. The Balaban J connectivity index is -0.0000000192. The summed E-state index contributed by atoms with van der Waals surface area (Å²) in [6.45, 7) is 0. The summed E-state index contributed by atoms with van der Waals surface area (Å²) in [5, 5.41) is 0. The molecule has 0 fully saturated rings. The fourth-order valence-electron chi connectivity index (χ4n) is 0. The zero-order valence-electron chi connectivity index (χ0n) is 8.54. The van der Waals surface area contributed by atoms with Crippen molar-refractivity contribution in [1.82, 2.24) is 0 Å². The molecule has 0 aliphatic rings. The topological polar surface area (TPSA) is 253 Å². The van der Waals surface area contributed by atoms with Gasteiger partial charge in [-0.3, -0.25) is 0 Å². The van der Waals surface area contributed by atoms with Gasteiger partial charge >= 0.3 is 57.5 Å². The molecule has 0 spiro atoms. The Labute approximate surface area is 149 Å². The Morgan fingerprint density at radius 2 is 0.474 bits per heavy atom. The summed E-state index contributed by atoms with van der Waals surface area (Å²) in [6, 6.07) is 0. The van der Waals surface area contributed by atoms with Crippen LogP contribution in [0.5, 0.6) is 0 Å². The fourth-order valence-corrected chi connectivity index (χ4v) is 0. The van der Waals surface area contributed by atoms with Gasteiger partial charge in [0.1, 0.15) is 0 Å². The third-order valence-corrected chi connectivity index (χ3v) is 0. The van der Waals surface area contributed by atoms with Crippen LogP contribution in [0.25, 0.3) is 0 Å². The average molecular weight is 411 g/mol. The quantitative estimate of drug-likeness (QED) is 0.336. The zero-order valence-corrected chi connectivity index (χ0v) is 16.2. The van der Waals surface area contributed by atoms with Gasteiger partial charge in [-0.05, 0) is 0 Å². The predicted octanol–water partition coefficient (Wildman–Crippen LogP) is -12.3. The number of hydrogen-bond donors (Lipinski definition) is 0. The SMILES string of the molecule is O=[Si]([O-])[O-].O=[Si]([O-])[O-].O=[Si]([O-])[O-].O=[Si]([O-])[O-].[Al+3].[Fe+3].[Mg+2]. The van der Waals surface area contributed by atoms with Crippen molar-refractivity contribution >= 4 is 77.1 Å². The van der Waals surface area contributed by atoms with Crippen LogP contribution in [0, 0.1) is 0 Å². The van der Waals surface area contributed by atoms with E-state index in [9.17, 15) is 0 Å². The smallest absolute Gasteiger partial charge is 0.672 e. The van der Waals surface area contributed by atoms with Crippen molar-refractivity contribution in [3.05, 3.63) is 0 Å². The average Bonchev–Trinajstić information content (AvgIpc) is 1.76. The van der Waals surface area contributed by atoms with Gasteiger partial charge in [-0.15, -0.1) is 0 Å². The molecule has 0 bridgehead atoms. The van der Waals surface area contributed by atoms with Crippen LogP contribution in [0.2, 0.25) is 0 Å². The zero-order chi connectivity index (χ0) is 14.3. The first-order chi connectivity index (χ1) is 6.93. The summed E-state index contributed by atoms with van der Waals surface area (Å²) in [5.41, 5.74) is 0. The Morgan fingerprint density at radius 1 is 0.474 bits per heavy atom. The second kappa shape index (κ2) is 36.2. The maximum absolute atomic E-state index is 8.52. The molecule has 0 atom stereocenters. The number of hydrogen-bond acceptors (Lipinski definition) is 12. The third-order valence-electron chi connectivity index (χ3n) is 0. The van der Waals surface area contributed by atoms with Crippen molar-refractivity contribution in [2.45, 2.75) is 0 Å². The molecule has 0 N–H and O–H groups in total. The first-order valence-corrected chi connectivity index (χ1v) is 7.35. The summed E-state index contributed by atoms with van der Waals surface area (Å²) in [4.78, 5) is 68.1. The maximum atomic E-state index is 8.52. The van der Waals surface area contributed by atoms with E-state index in [1.807, 2.05) is 0 Å². The fraction of sp³-hybridized carbons (Fsp3) is 0. The monoisotopic (exact) mass is 411 g/mol. The molecule has 0 amide bonds. The molecule has 0 aliphatic heterocycles. The van der Waals surface area contributed by atoms with E-state index in [2.05, 4.69) is 0 Å². The molecular formula is AlFeMgO12Si4. The van der Waals surface area contributed by atoms with Crippen LogP contribution in [0.3, 0.4) is 0 Å². The normalized spacial score (nSPS) is 5.05. The first kappa shape index (κ1) is 42.7. The van der Waals surface area contributed by atoms with Crippen LogP contribution < -0.4 is 38.4 Å². The first-order valence-electron chi connectivity index (χ1n) is 2.45. The van der Waals surface area contributed by atoms with Crippen molar-refractivity contribution < 1.29 is 73.3 Å². The summed E-state index contributed by atoms with van der Waals surface area (Å²) in [6.07, 6.45) is 0. The van der Waals surface area contributed by atoms with Crippen molar-refractivity contribution in [3.63, 3.8) is 0 Å². The van der Waals surface area contributed by atoms with Crippen LogP contribution in [0.1, 0.15) is 0 Å². The molecule has 0 unspecified atom stereocenters. The van der Waals surface area contributed by atoms with Crippen molar-refractivity contribution in [2.75, 3.05) is 0 Å². The van der Waals surface area contributed by atoms with Crippen molar-refractivity contribution in [1.29, 1.82) is 0 Å². The molecule has 0 saturated heterocycles. The Bertz CT molecular complexity index is 170. The molecule has 0 aliphatic carbocycles. The van der Waals surface area contributed by atoms with Crippen LogP contribution in [0.15, 0.2) is 0 Å². The minimum atomic E-state index is -3.63. The summed E-state index contributed by atoms with van der Waals surface area (Å²) < 4.78 is 34.1. The van der Waals surface area contributed by atoms with Gasteiger partial charge in [-0.2, -0.15) is 0 Å². The molecular weight excluding hydrogens is 411 g/mol. The molecule has 0 heterocycles. The maximum Gasteiger partial charge on any atom is 3.00 e. The molecule has 0 aromatic heterocycles. The minimum absolute atomic E-state index is 0. The van der Waals surface area contributed by atoms with E-state index in [0.717, 1.165) is 0 Å². The molecule has 19 heteroatoms.